The van der Waals surface area contributed by atoms with Crippen molar-refractivity contribution in [1.82, 2.24) is 29.9 Å². The van der Waals surface area contributed by atoms with Crippen molar-refractivity contribution in [2.45, 2.75) is 13.5 Å². The first kappa shape index (κ1) is 15.7. The van der Waals surface area contributed by atoms with Crippen LogP contribution in [0.3, 0.4) is 0 Å². The molecule has 3 aromatic heterocycles. The molecule has 0 bridgehead atoms. The maximum Gasteiger partial charge on any atom is 0.353 e. The van der Waals surface area contributed by atoms with E-state index in [4.69, 9.17) is 4.42 Å². The quantitative estimate of drug-likeness (QED) is 0.559. The lowest BCUT2D eigenvalue weighted by Crippen LogP contribution is -2.25. The Balaban J connectivity index is 1.57. The minimum atomic E-state index is -1.21. The van der Waals surface area contributed by atoms with Gasteiger partial charge in [-0.3, -0.25) is 9.20 Å². The predicted octanol–water partition coefficient (Wildman–Crippen LogP) is 1.20. The molecule has 10 nitrogen and oxygen atoms in total. The van der Waals surface area contributed by atoms with Crippen molar-refractivity contribution in [2.75, 3.05) is 0 Å². The van der Waals surface area contributed by atoms with Gasteiger partial charge in [-0.25, -0.2) is 14.8 Å². The van der Waals surface area contributed by atoms with Crippen LogP contribution in [0.25, 0.3) is 16.9 Å². The predicted molar refractivity (Wildman–Crippen MR) is 87.7 cm³/mol. The van der Waals surface area contributed by atoms with Crippen molar-refractivity contribution < 1.29 is 19.1 Å². The van der Waals surface area contributed by atoms with Crippen LogP contribution in [-0.4, -0.2) is 41.5 Å². The van der Waals surface area contributed by atoms with Gasteiger partial charge in [0.1, 0.15) is 23.2 Å². The molecular formula is C16H12N6O4. The molecule has 10 heteroatoms. The number of hydrogen-bond donors (Lipinski definition) is 2. The second kappa shape index (κ2) is 5.92. The number of rotatable bonds is 4. The molecule has 0 aliphatic carbocycles. The molecule has 4 aromatic rings. The number of carboxylic acid groups (broad SMARTS) is 1. The molecule has 0 aliphatic heterocycles. The number of fused-ring (bicyclic) bond motifs is 2. The number of amides is 1. The molecule has 2 N–H and O–H groups in total. The fourth-order valence-electron chi connectivity index (χ4n) is 2.57. The number of aromatic nitrogens is 5. The van der Waals surface area contributed by atoms with E-state index in [1.807, 2.05) is 12.1 Å². The van der Waals surface area contributed by atoms with Gasteiger partial charge in [0.15, 0.2) is 11.5 Å². The highest BCUT2D eigenvalue weighted by Crippen LogP contribution is 2.16. The minimum Gasteiger partial charge on any atom is -0.477 e. The Labute approximate surface area is 145 Å². The monoisotopic (exact) mass is 352 g/mol. The van der Waals surface area contributed by atoms with Crippen LogP contribution in [0.4, 0.5) is 0 Å². The lowest BCUT2D eigenvalue weighted by atomic mass is 10.2. The van der Waals surface area contributed by atoms with E-state index >= 15 is 0 Å². The van der Waals surface area contributed by atoms with Crippen LogP contribution in [0.15, 0.2) is 35.0 Å². The average molecular weight is 352 g/mol. The largest absolute Gasteiger partial charge is 0.477 e. The number of carboxylic acids is 1. The summed E-state index contributed by atoms with van der Waals surface area (Å²) in [6.07, 6.45) is 1.22. The molecule has 130 valence electrons. The van der Waals surface area contributed by atoms with Crippen molar-refractivity contribution in [2.24, 2.45) is 0 Å². The van der Waals surface area contributed by atoms with Crippen molar-refractivity contribution in [3.8, 4) is 0 Å². The lowest BCUT2D eigenvalue weighted by molar-refractivity contribution is 0.0688. The molecule has 0 radical (unpaired) electrons. The Morgan fingerprint density at radius 2 is 2.12 bits per heavy atom. The third-order valence-corrected chi connectivity index (χ3v) is 3.75. The summed E-state index contributed by atoms with van der Waals surface area (Å²) in [5.41, 5.74) is 1.99. The van der Waals surface area contributed by atoms with Crippen LogP contribution >= 0.6 is 0 Å². The minimum absolute atomic E-state index is 0.0366. The van der Waals surface area contributed by atoms with Crippen molar-refractivity contribution in [3.63, 3.8) is 0 Å². The molecule has 26 heavy (non-hydrogen) atoms. The van der Waals surface area contributed by atoms with Crippen molar-refractivity contribution in [1.29, 1.82) is 0 Å². The number of carbonyl (C=O) groups is 2. The fourth-order valence-corrected chi connectivity index (χ4v) is 2.57. The van der Waals surface area contributed by atoms with Gasteiger partial charge in [0, 0.05) is 19.5 Å². The summed E-state index contributed by atoms with van der Waals surface area (Å²) in [5, 5.41) is 19.3. The zero-order valence-corrected chi connectivity index (χ0v) is 13.5. The third-order valence-electron chi connectivity index (χ3n) is 3.75. The van der Waals surface area contributed by atoms with Gasteiger partial charge in [0.2, 0.25) is 0 Å². The van der Waals surface area contributed by atoms with E-state index in [9.17, 15) is 14.7 Å². The highest BCUT2D eigenvalue weighted by molar-refractivity contribution is 5.95. The van der Waals surface area contributed by atoms with Gasteiger partial charge >= 0.3 is 5.97 Å². The molecule has 0 atom stereocenters. The number of aryl methyl sites for hydroxylation is 1. The van der Waals surface area contributed by atoms with Gasteiger partial charge in [0.05, 0.1) is 0 Å². The Morgan fingerprint density at radius 3 is 2.92 bits per heavy atom. The highest BCUT2D eigenvalue weighted by atomic mass is 16.4. The summed E-state index contributed by atoms with van der Waals surface area (Å²) in [4.78, 5) is 32.0. The van der Waals surface area contributed by atoms with E-state index in [0.717, 1.165) is 5.56 Å². The molecule has 0 unspecified atom stereocenters. The van der Waals surface area contributed by atoms with Crippen LogP contribution in [0.5, 0.6) is 0 Å². The SMILES string of the molecule is Cc1nc2cc(CNC(=O)c3cc(C(=O)O)n4cnnc4n3)ccc2o1. The topological polar surface area (TPSA) is 136 Å². The van der Waals surface area contributed by atoms with E-state index in [2.05, 4.69) is 25.5 Å². The summed E-state index contributed by atoms with van der Waals surface area (Å²) >= 11 is 0. The summed E-state index contributed by atoms with van der Waals surface area (Å²) in [7, 11) is 0. The number of oxazole rings is 1. The molecule has 0 saturated carbocycles. The lowest BCUT2D eigenvalue weighted by Gasteiger charge is -2.06. The standard InChI is InChI=1S/C16H12N6O4/c1-8-19-10-4-9(2-3-13(10)26-8)6-17-14(23)11-5-12(15(24)25)22-7-18-21-16(22)20-11/h2-5,7H,6H2,1H3,(H,17,23)(H,24,25). The molecule has 0 fully saturated rings. The number of nitrogens with zero attached hydrogens (tertiary/aromatic N) is 5. The Morgan fingerprint density at radius 1 is 1.27 bits per heavy atom. The molecule has 4 rings (SSSR count). The highest BCUT2D eigenvalue weighted by Gasteiger charge is 2.17. The van der Waals surface area contributed by atoms with Crippen LogP contribution in [0.2, 0.25) is 0 Å². The molecule has 0 aliphatic rings. The van der Waals surface area contributed by atoms with Gasteiger partial charge in [0.25, 0.3) is 11.7 Å². The number of aromatic carboxylic acids is 1. The van der Waals surface area contributed by atoms with Crippen molar-refractivity contribution >= 4 is 28.8 Å². The van der Waals surface area contributed by atoms with Gasteiger partial charge in [-0.15, -0.1) is 10.2 Å². The first-order valence-corrected chi connectivity index (χ1v) is 7.59. The van der Waals surface area contributed by atoms with Crippen LogP contribution in [-0.2, 0) is 6.54 Å². The molecule has 3 heterocycles. The number of carbonyl (C=O) groups excluding carboxylic acids is 1. The second-order valence-corrected chi connectivity index (χ2v) is 5.55. The zero-order chi connectivity index (χ0) is 18.3. The molecule has 0 spiro atoms. The fraction of sp³-hybridized carbons (Fsp3) is 0.125. The van der Waals surface area contributed by atoms with Crippen LogP contribution < -0.4 is 5.32 Å². The Hall–Kier alpha value is -3.82. The normalized spacial score (nSPS) is 11.1. The number of nitrogens with one attached hydrogen (secondary N) is 1. The summed E-state index contributed by atoms with van der Waals surface area (Å²) in [6.45, 7) is 1.98. The van der Waals surface area contributed by atoms with E-state index in [0.29, 0.717) is 17.0 Å². The summed E-state index contributed by atoms with van der Waals surface area (Å²) in [5.74, 6) is -1.13. The van der Waals surface area contributed by atoms with Gasteiger partial charge in [-0.05, 0) is 17.7 Å². The van der Waals surface area contributed by atoms with Crippen LogP contribution in [0, 0.1) is 6.92 Å². The van der Waals surface area contributed by atoms with Crippen LogP contribution in [0.1, 0.15) is 32.4 Å². The zero-order valence-electron chi connectivity index (χ0n) is 13.5. The summed E-state index contributed by atoms with van der Waals surface area (Å²) < 4.78 is 6.60. The summed E-state index contributed by atoms with van der Waals surface area (Å²) in [6, 6.07) is 6.58. The van der Waals surface area contributed by atoms with Gasteiger partial charge in [-0.2, -0.15) is 0 Å². The molecular weight excluding hydrogens is 340 g/mol. The maximum atomic E-state index is 12.4. The van der Waals surface area contributed by atoms with E-state index < -0.39 is 11.9 Å². The first-order chi connectivity index (χ1) is 12.5. The maximum absolute atomic E-state index is 12.4. The van der Waals surface area contributed by atoms with Crippen molar-refractivity contribution in [3.05, 3.63) is 53.4 Å². The number of benzene rings is 1. The van der Waals surface area contributed by atoms with E-state index in [1.54, 1.807) is 13.0 Å². The van der Waals surface area contributed by atoms with E-state index in [1.165, 1.54) is 16.8 Å². The van der Waals surface area contributed by atoms with Gasteiger partial charge < -0.3 is 14.8 Å². The third kappa shape index (κ3) is 2.73. The average Bonchev–Trinajstić information content (AvgIpc) is 3.22. The molecule has 1 amide bonds. The first-order valence-electron chi connectivity index (χ1n) is 7.59. The second-order valence-electron chi connectivity index (χ2n) is 5.55. The van der Waals surface area contributed by atoms with Gasteiger partial charge in [-0.1, -0.05) is 6.07 Å². The molecule has 0 saturated heterocycles. The Bertz CT molecular complexity index is 1160. The molecule has 1 aromatic carbocycles. The number of hydrogen-bond acceptors (Lipinski definition) is 7. The van der Waals surface area contributed by atoms with E-state index in [-0.39, 0.29) is 23.7 Å². The Kier molecular flexibility index (Phi) is 3.57. The smallest absolute Gasteiger partial charge is 0.353 e.